The lowest BCUT2D eigenvalue weighted by atomic mass is 10.1. The first kappa shape index (κ1) is 12.9. The van der Waals surface area contributed by atoms with Crippen molar-refractivity contribution in [3.63, 3.8) is 0 Å². The second kappa shape index (κ2) is 5.12. The number of rotatable bonds is 3. The Balaban J connectivity index is 1.66. The quantitative estimate of drug-likeness (QED) is 0.753. The van der Waals surface area contributed by atoms with Gasteiger partial charge < -0.3 is 15.5 Å². The van der Waals surface area contributed by atoms with Gasteiger partial charge in [0.2, 0.25) is 11.8 Å². The maximum Gasteiger partial charge on any atom is 0.244 e. The molecule has 0 radical (unpaired) electrons. The van der Waals surface area contributed by atoms with Gasteiger partial charge in [0, 0.05) is 32.1 Å². The number of nitrogens with one attached hydrogen (secondary N) is 2. The van der Waals surface area contributed by atoms with Crippen LogP contribution in [0.4, 0.5) is 0 Å². The average molecular weight is 265 g/mol. The Bertz CT molecular complexity index is 375. The van der Waals surface area contributed by atoms with Crippen LogP contribution in [0.3, 0.4) is 0 Å². The molecule has 0 spiro atoms. The largest absolute Gasteiger partial charge is 0.355 e. The molecule has 1 aliphatic heterocycles. The summed E-state index contributed by atoms with van der Waals surface area (Å²) in [6, 6.07) is -0.317. The van der Waals surface area contributed by atoms with Gasteiger partial charge in [-0.1, -0.05) is 6.42 Å². The normalized spacial score (nSPS) is 36.8. The van der Waals surface area contributed by atoms with Crippen molar-refractivity contribution < 1.29 is 9.59 Å². The summed E-state index contributed by atoms with van der Waals surface area (Å²) in [6.07, 6.45) is 3.69. The van der Waals surface area contributed by atoms with Gasteiger partial charge in [0.15, 0.2) is 0 Å². The van der Waals surface area contributed by atoms with E-state index in [9.17, 15) is 9.59 Å². The molecule has 2 saturated carbocycles. The Labute approximate surface area is 114 Å². The summed E-state index contributed by atoms with van der Waals surface area (Å²) in [4.78, 5) is 26.5. The van der Waals surface area contributed by atoms with Crippen LogP contribution in [0.15, 0.2) is 0 Å². The molecule has 19 heavy (non-hydrogen) atoms. The van der Waals surface area contributed by atoms with Crippen molar-refractivity contribution in [2.75, 3.05) is 26.2 Å². The van der Waals surface area contributed by atoms with Gasteiger partial charge in [-0.15, -0.1) is 0 Å². The molecule has 0 aromatic heterocycles. The molecule has 106 valence electrons. The molecule has 0 bridgehead atoms. The molecule has 3 rings (SSSR count). The predicted molar refractivity (Wildman–Crippen MR) is 71.4 cm³/mol. The number of nitrogens with zero attached hydrogens (tertiary/aromatic N) is 1. The van der Waals surface area contributed by atoms with Crippen molar-refractivity contribution >= 4 is 11.8 Å². The number of carbonyl (C=O) groups is 2. The highest BCUT2D eigenvalue weighted by molar-refractivity contribution is 5.90. The van der Waals surface area contributed by atoms with Gasteiger partial charge in [-0.3, -0.25) is 9.59 Å². The number of fused-ring (bicyclic) bond motifs is 1. The van der Waals surface area contributed by atoms with Crippen LogP contribution in [0.5, 0.6) is 0 Å². The van der Waals surface area contributed by atoms with Gasteiger partial charge in [-0.25, -0.2) is 0 Å². The fraction of sp³-hybridized carbons (Fsp3) is 0.857. The summed E-state index contributed by atoms with van der Waals surface area (Å²) in [6.45, 7) is 4.57. The Kier molecular flexibility index (Phi) is 3.48. The third kappa shape index (κ3) is 2.24. The zero-order valence-electron chi connectivity index (χ0n) is 11.5. The highest BCUT2D eigenvalue weighted by Crippen LogP contribution is 2.58. The van der Waals surface area contributed by atoms with E-state index in [1.165, 1.54) is 19.3 Å². The first-order valence-electron chi connectivity index (χ1n) is 7.53. The number of likely N-dealkylation sites (N-methyl/N-ethyl adjacent to an activating group) is 1. The van der Waals surface area contributed by atoms with Gasteiger partial charge >= 0.3 is 0 Å². The first-order valence-corrected chi connectivity index (χ1v) is 7.53. The molecule has 1 saturated heterocycles. The van der Waals surface area contributed by atoms with Gasteiger partial charge in [0.25, 0.3) is 0 Å². The minimum Gasteiger partial charge on any atom is -0.355 e. The Morgan fingerprint density at radius 1 is 1.32 bits per heavy atom. The van der Waals surface area contributed by atoms with Gasteiger partial charge in [-0.05, 0) is 31.6 Å². The van der Waals surface area contributed by atoms with Gasteiger partial charge in [0.1, 0.15) is 6.04 Å². The van der Waals surface area contributed by atoms with Crippen molar-refractivity contribution in [3.05, 3.63) is 0 Å². The van der Waals surface area contributed by atoms with Crippen LogP contribution in [0.1, 0.15) is 26.2 Å². The van der Waals surface area contributed by atoms with E-state index in [1.807, 2.05) is 11.8 Å². The Morgan fingerprint density at radius 3 is 2.74 bits per heavy atom. The summed E-state index contributed by atoms with van der Waals surface area (Å²) in [5.41, 5.74) is 0. The highest BCUT2D eigenvalue weighted by Gasteiger charge is 2.58. The summed E-state index contributed by atoms with van der Waals surface area (Å²) in [5.74, 6) is 1.68. The molecule has 1 heterocycles. The molecule has 2 amide bonds. The van der Waals surface area contributed by atoms with Crippen molar-refractivity contribution in [3.8, 4) is 0 Å². The van der Waals surface area contributed by atoms with Crippen LogP contribution in [0, 0.1) is 17.8 Å². The van der Waals surface area contributed by atoms with Crippen LogP contribution < -0.4 is 10.6 Å². The Morgan fingerprint density at radius 2 is 2.05 bits per heavy atom. The third-order valence-electron chi connectivity index (χ3n) is 4.87. The summed E-state index contributed by atoms with van der Waals surface area (Å²) >= 11 is 0. The number of amides is 2. The van der Waals surface area contributed by atoms with E-state index < -0.39 is 0 Å². The number of hydrogen-bond acceptors (Lipinski definition) is 3. The van der Waals surface area contributed by atoms with E-state index in [1.54, 1.807) is 0 Å². The Hall–Kier alpha value is -1.10. The van der Waals surface area contributed by atoms with Crippen LogP contribution in [-0.4, -0.2) is 48.9 Å². The van der Waals surface area contributed by atoms with Gasteiger partial charge in [-0.2, -0.15) is 0 Å². The third-order valence-corrected chi connectivity index (χ3v) is 4.87. The predicted octanol–water partition coefficient (Wildman–Crippen LogP) is -0.0310. The summed E-state index contributed by atoms with van der Waals surface area (Å²) in [7, 11) is 0. The monoisotopic (exact) mass is 265 g/mol. The smallest absolute Gasteiger partial charge is 0.244 e. The summed E-state index contributed by atoms with van der Waals surface area (Å²) in [5, 5.41) is 6.05. The zero-order valence-corrected chi connectivity index (χ0v) is 11.5. The van der Waals surface area contributed by atoms with E-state index in [0.717, 1.165) is 6.54 Å². The van der Waals surface area contributed by atoms with E-state index >= 15 is 0 Å². The highest BCUT2D eigenvalue weighted by atomic mass is 16.2. The molecule has 2 aliphatic carbocycles. The molecule has 0 aromatic carbocycles. The minimum atomic E-state index is -0.317. The topological polar surface area (TPSA) is 61.4 Å². The maximum atomic E-state index is 12.6. The second-order valence-corrected chi connectivity index (χ2v) is 5.93. The molecular formula is C14H23N3O2. The molecular weight excluding hydrogens is 242 g/mol. The molecule has 3 aliphatic rings. The van der Waals surface area contributed by atoms with Crippen molar-refractivity contribution in [2.24, 2.45) is 17.8 Å². The van der Waals surface area contributed by atoms with Crippen LogP contribution in [0.25, 0.3) is 0 Å². The molecule has 5 nitrogen and oxygen atoms in total. The lowest BCUT2D eigenvalue weighted by molar-refractivity contribution is -0.143. The van der Waals surface area contributed by atoms with E-state index in [2.05, 4.69) is 10.6 Å². The molecule has 0 aromatic rings. The SMILES string of the molecule is CCNC(=O)C1CNCCN1C(=O)C1C2CCCC21. The maximum absolute atomic E-state index is 12.6. The van der Waals surface area contributed by atoms with Crippen molar-refractivity contribution in [1.29, 1.82) is 0 Å². The standard InChI is InChI=1S/C14H23N3O2/c1-2-16-13(18)11-8-15-6-7-17(11)14(19)12-9-4-3-5-10(9)12/h9-12,15H,2-8H2,1H3,(H,16,18). The van der Waals surface area contributed by atoms with Crippen molar-refractivity contribution in [2.45, 2.75) is 32.2 Å². The lowest BCUT2D eigenvalue weighted by Gasteiger charge is -2.35. The first-order chi connectivity index (χ1) is 9.24. The van der Waals surface area contributed by atoms with E-state index in [-0.39, 0.29) is 23.8 Å². The van der Waals surface area contributed by atoms with Crippen molar-refractivity contribution in [1.82, 2.24) is 15.5 Å². The molecule has 2 N–H and O–H groups in total. The second-order valence-electron chi connectivity index (χ2n) is 5.93. The lowest BCUT2D eigenvalue weighted by Crippen LogP contribution is -2.60. The molecule has 3 atom stereocenters. The van der Waals surface area contributed by atoms with Crippen LogP contribution in [0.2, 0.25) is 0 Å². The fourth-order valence-electron chi connectivity index (χ4n) is 3.87. The molecule has 5 heteroatoms. The van der Waals surface area contributed by atoms with E-state index in [0.29, 0.717) is 31.5 Å². The number of piperazine rings is 1. The molecule has 3 unspecified atom stereocenters. The fourth-order valence-corrected chi connectivity index (χ4v) is 3.87. The number of carbonyl (C=O) groups excluding carboxylic acids is 2. The van der Waals surface area contributed by atoms with Crippen LogP contribution in [-0.2, 0) is 9.59 Å². The number of hydrogen-bond donors (Lipinski definition) is 2. The zero-order chi connectivity index (χ0) is 13.4. The average Bonchev–Trinajstić information content (AvgIpc) is 2.90. The van der Waals surface area contributed by atoms with Gasteiger partial charge in [0.05, 0.1) is 0 Å². The minimum absolute atomic E-state index is 0.0196. The van der Waals surface area contributed by atoms with E-state index in [4.69, 9.17) is 0 Å². The van der Waals surface area contributed by atoms with Crippen LogP contribution >= 0.6 is 0 Å². The molecule has 3 fully saturated rings. The summed E-state index contributed by atoms with van der Waals surface area (Å²) < 4.78 is 0.